The molecule has 0 aliphatic carbocycles. The van der Waals surface area contributed by atoms with Crippen LogP contribution in [-0.2, 0) is 4.74 Å². The zero-order chi connectivity index (χ0) is 13.6. The van der Waals surface area contributed by atoms with Crippen molar-refractivity contribution in [2.24, 2.45) is 5.92 Å². The number of alkyl carbamates (subject to hydrolysis) is 1. The first-order chi connectivity index (χ1) is 7.61. The molecule has 102 valence electrons. The number of carbonyl (C=O) groups excluding carboxylic acids is 1. The molecule has 0 rings (SSSR count). The third-order valence-corrected chi connectivity index (χ3v) is 2.04. The van der Waals surface area contributed by atoms with Crippen LogP contribution in [-0.4, -0.2) is 50.5 Å². The Balaban J connectivity index is 4.13. The van der Waals surface area contributed by atoms with E-state index in [0.29, 0.717) is 6.54 Å². The lowest BCUT2D eigenvalue weighted by Gasteiger charge is -2.25. The highest BCUT2D eigenvalue weighted by Gasteiger charge is 2.30. The molecule has 1 unspecified atom stereocenters. The largest absolute Gasteiger partial charge is 0.440 e. The van der Waals surface area contributed by atoms with E-state index in [4.69, 9.17) is 0 Å². The van der Waals surface area contributed by atoms with Crippen molar-refractivity contribution in [3.05, 3.63) is 0 Å². The minimum Gasteiger partial charge on any atom is -0.440 e. The SMILES string of the molecule is CC(C)C(CN(C)C)NC(=O)OCC(F)(F)F. The topological polar surface area (TPSA) is 41.6 Å². The molecule has 0 aliphatic heterocycles. The summed E-state index contributed by atoms with van der Waals surface area (Å²) in [5.74, 6) is 0.107. The predicted octanol–water partition coefficient (Wildman–Crippen LogP) is 1.86. The van der Waals surface area contributed by atoms with Crippen LogP contribution in [0, 0.1) is 5.92 Å². The van der Waals surface area contributed by atoms with Crippen LogP contribution in [0.15, 0.2) is 0 Å². The van der Waals surface area contributed by atoms with Crippen molar-refractivity contribution in [1.82, 2.24) is 10.2 Å². The second-order valence-electron chi connectivity index (χ2n) is 4.45. The number of nitrogens with zero attached hydrogens (tertiary/aromatic N) is 1. The van der Waals surface area contributed by atoms with Gasteiger partial charge >= 0.3 is 12.3 Å². The first-order valence-corrected chi connectivity index (χ1v) is 5.26. The molecular weight excluding hydrogens is 237 g/mol. The van der Waals surface area contributed by atoms with Gasteiger partial charge in [-0.15, -0.1) is 0 Å². The van der Waals surface area contributed by atoms with Crippen molar-refractivity contribution in [3.8, 4) is 0 Å². The summed E-state index contributed by atoms with van der Waals surface area (Å²) in [6, 6.07) is -0.245. The summed E-state index contributed by atoms with van der Waals surface area (Å²) in [7, 11) is 3.64. The van der Waals surface area contributed by atoms with Crippen LogP contribution in [0.4, 0.5) is 18.0 Å². The number of rotatable bonds is 5. The first kappa shape index (κ1) is 16.0. The van der Waals surface area contributed by atoms with Crippen molar-refractivity contribution in [2.75, 3.05) is 27.2 Å². The summed E-state index contributed by atoms with van der Waals surface area (Å²) < 4.78 is 39.5. The smallest absolute Gasteiger partial charge is 0.422 e. The lowest BCUT2D eigenvalue weighted by molar-refractivity contribution is -0.160. The lowest BCUT2D eigenvalue weighted by Crippen LogP contribution is -2.45. The fraction of sp³-hybridized carbons (Fsp3) is 0.900. The van der Waals surface area contributed by atoms with Crippen molar-refractivity contribution < 1.29 is 22.7 Å². The number of hydrogen-bond acceptors (Lipinski definition) is 3. The standard InChI is InChI=1S/C10H19F3N2O2/c1-7(2)8(5-15(3)4)14-9(16)17-6-10(11,12)13/h7-8H,5-6H2,1-4H3,(H,14,16). The van der Waals surface area contributed by atoms with Crippen molar-refractivity contribution >= 4 is 6.09 Å². The number of hydrogen-bond donors (Lipinski definition) is 1. The van der Waals surface area contributed by atoms with Gasteiger partial charge in [-0.05, 0) is 20.0 Å². The Hall–Kier alpha value is -0.980. The lowest BCUT2D eigenvalue weighted by atomic mass is 10.0. The van der Waals surface area contributed by atoms with E-state index in [1.807, 2.05) is 32.8 Å². The van der Waals surface area contributed by atoms with Crippen LogP contribution >= 0.6 is 0 Å². The number of likely N-dealkylation sites (N-methyl/N-ethyl adjacent to an activating group) is 1. The highest BCUT2D eigenvalue weighted by Crippen LogP contribution is 2.14. The summed E-state index contributed by atoms with van der Waals surface area (Å²) in [4.78, 5) is 13.0. The molecule has 0 saturated carbocycles. The molecule has 0 aromatic carbocycles. The van der Waals surface area contributed by atoms with Gasteiger partial charge in [-0.25, -0.2) is 4.79 Å². The van der Waals surface area contributed by atoms with Crippen LogP contribution in [0.25, 0.3) is 0 Å². The van der Waals surface area contributed by atoms with Crippen molar-refractivity contribution in [1.29, 1.82) is 0 Å². The number of halogens is 3. The summed E-state index contributed by atoms with van der Waals surface area (Å²) >= 11 is 0. The normalized spacial score (nSPS) is 13.9. The van der Waals surface area contributed by atoms with E-state index >= 15 is 0 Å². The van der Waals surface area contributed by atoms with E-state index in [1.54, 1.807) is 0 Å². The molecule has 7 heteroatoms. The van der Waals surface area contributed by atoms with Gasteiger partial charge < -0.3 is 15.0 Å². The third kappa shape index (κ3) is 8.79. The van der Waals surface area contributed by atoms with E-state index in [9.17, 15) is 18.0 Å². The molecule has 0 spiro atoms. The maximum Gasteiger partial charge on any atom is 0.422 e. The number of nitrogens with one attached hydrogen (secondary N) is 1. The van der Waals surface area contributed by atoms with E-state index in [1.165, 1.54) is 0 Å². The minimum absolute atomic E-state index is 0.107. The minimum atomic E-state index is -4.49. The van der Waals surface area contributed by atoms with Crippen molar-refractivity contribution in [2.45, 2.75) is 26.1 Å². The van der Waals surface area contributed by atoms with E-state index in [-0.39, 0.29) is 12.0 Å². The second kappa shape index (κ2) is 6.68. The van der Waals surface area contributed by atoms with E-state index in [0.717, 1.165) is 0 Å². The molecule has 4 nitrogen and oxygen atoms in total. The fourth-order valence-electron chi connectivity index (χ4n) is 1.16. The van der Waals surface area contributed by atoms with Gasteiger partial charge in [0.25, 0.3) is 0 Å². The number of alkyl halides is 3. The Labute approximate surface area is 99.1 Å². The molecular formula is C10H19F3N2O2. The summed E-state index contributed by atoms with van der Waals surface area (Å²) in [6.07, 6.45) is -5.53. The van der Waals surface area contributed by atoms with Crippen molar-refractivity contribution in [3.63, 3.8) is 0 Å². The van der Waals surface area contributed by atoms with Crippen LogP contribution in [0.2, 0.25) is 0 Å². The fourth-order valence-corrected chi connectivity index (χ4v) is 1.16. The Morgan fingerprint density at radius 2 is 1.88 bits per heavy atom. The number of ether oxygens (including phenoxy) is 1. The predicted molar refractivity (Wildman–Crippen MR) is 57.7 cm³/mol. The molecule has 0 aliphatic rings. The second-order valence-corrected chi connectivity index (χ2v) is 4.45. The van der Waals surface area contributed by atoms with Gasteiger partial charge in [0.15, 0.2) is 6.61 Å². The average molecular weight is 256 g/mol. The molecule has 0 aromatic rings. The molecule has 0 fully saturated rings. The molecule has 17 heavy (non-hydrogen) atoms. The van der Waals surface area contributed by atoms with E-state index in [2.05, 4.69) is 10.1 Å². The zero-order valence-electron chi connectivity index (χ0n) is 10.5. The average Bonchev–Trinajstić information content (AvgIpc) is 2.11. The summed E-state index contributed by atoms with van der Waals surface area (Å²) in [5, 5.41) is 2.42. The zero-order valence-corrected chi connectivity index (χ0v) is 10.5. The highest BCUT2D eigenvalue weighted by atomic mass is 19.4. The van der Waals surface area contributed by atoms with Crippen LogP contribution < -0.4 is 5.32 Å². The number of carbonyl (C=O) groups is 1. The third-order valence-electron chi connectivity index (χ3n) is 2.04. The van der Waals surface area contributed by atoms with Crippen LogP contribution in [0.1, 0.15) is 13.8 Å². The number of amides is 1. The first-order valence-electron chi connectivity index (χ1n) is 5.26. The van der Waals surface area contributed by atoms with Gasteiger partial charge in [-0.3, -0.25) is 0 Å². The molecule has 0 heterocycles. The molecule has 0 aromatic heterocycles. The monoisotopic (exact) mass is 256 g/mol. The molecule has 0 saturated heterocycles. The summed E-state index contributed by atoms with van der Waals surface area (Å²) in [5.41, 5.74) is 0. The van der Waals surface area contributed by atoms with Gasteiger partial charge in [0, 0.05) is 12.6 Å². The van der Waals surface area contributed by atoms with Gasteiger partial charge in [0.05, 0.1) is 0 Å². The highest BCUT2D eigenvalue weighted by molar-refractivity contribution is 5.67. The molecule has 0 bridgehead atoms. The molecule has 1 atom stereocenters. The van der Waals surface area contributed by atoms with Gasteiger partial charge in [-0.1, -0.05) is 13.8 Å². The molecule has 1 N–H and O–H groups in total. The Kier molecular flexibility index (Phi) is 6.30. The van der Waals surface area contributed by atoms with Crippen LogP contribution in [0.5, 0.6) is 0 Å². The molecule has 0 radical (unpaired) electrons. The maximum absolute atomic E-state index is 11.8. The van der Waals surface area contributed by atoms with E-state index < -0.39 is 18.9 Å². The van der Waals surface area contributed by atoms with Gasteiger partial charge in [0.2, 0.25) is 0 Å². The maximum atomic E-state index is 11.8. The Bertz CT molecular complexity index is 242. The molecule has 1 amide bonds. The van der Waals surface area contributed by atoms with Crippen LogP contribution in [0.3, 0.4) is 0 Å². The van der Waals surface area contributed by atoms with Gasteiger partial charge in [-0.2, -0.15) is 13.2 Å². The quantitative estimate of drug-likeness (QED) is 0.816. The Morgan fingerprint density at radius 1 is 1.35 bits per heavy atom. The summed E-state index contributed by atoms with van der Waals surface area (Å²) in [6.45, 7) is 2.72. The van der Waals surface area contributed by atoms with Gasteiger partial charge in [0.1, 0.15) is 0 Å². The Morgan fingerprint density at radius 3 is 2.24 bits per heavy atom.